The lowest BCUT2D eigenvalue weighted by Crippen LogP contribution is -2.44. The Kier molecular flexibility index (Phi) is 6.38. The zero-order valence-corrected chi connectivity index (χ0v) is 11.1. The third kappa shape index (κ3) is 5.54. The summed E-state index contributed by atoms with van der Waals surface area (Å²) in [4.78, 5) is 1.49. The van der Waals surface area contributed by atoms with E-state index >= 15 is 0 Å². The van der Waals surface area contributed by atoms with Gasteiger partial charge in [0.05, 0.1) is 19.8 Å². The fourth-order valence-electron chi connectivity index (χ4n) is 2.40. The monoisotopic (exact) mass is 268 g/mol. The molecule has 1 aliphatic heterocycles. The Morgan fingerprint density at radius 1 is 1.28 bits per heavy atom. The molecule has 108 valence electrons. The second-order valence-electron chi connectivity index (χ2n) is 4.81. The number of alkyl halides is 3. The van der Waals surface area contributed by atoms with Crippen molar-refractivity contribution in [3.8, 4) is 0 Å². The first-order chi connectivity index (χ1) is 8.46. The minimum absolute atomic E-state index is 0.152. The Labute approximate surface area is 107 Å². The van der Waals surface area contributed by atoms with Crippen molar-refractivity contribution >= 4 is 0 Å². The maximum absolute atomic E-state index is 12.5. The molecule has 1 heterocycles. The summed E-state index contributed by atoms with van der Waals surface area (Å²) in [5, 5.41) is 3.27. The molecule has 2 unspecified atom stereocenters. The lowest BCUT2D eigenvalue weighted by atomic mass is 10.0. The molecule has 3 nitrogen and oxygen atoms in total. The van der Waals surface area contributed by atoms with Crippen molar-refractivity contribution in [3.63, 3.8) is 0 Å². The standard InChI is InChI=1S/C12H23F3N2O/c1-3-5-17(9-12(13,14)15)6-10-7-18-8-11(10)16-4-2/h10-11,16H,3-9H2,1-2H3. The van der Waals surface area contributed by atoms with Crippen LogP contribution in [0.1, 0.15) is 20.3 Å². The average molecular weight is 268 g/mol. The molecule has 0 aromatic carbocycles. The zero-order valence-electron chi connectivity index (χ0n) is 11.1. The van der Waals surface area contributed by atoms with Gasteiger partial charge in [-0.05, 0) is 19.5 Å². The van der Waals surface area contributed by atoms with Crippen molar-refractivity contribution < 1.29 is 17.9 Å². The minimum Gasteiger partial charge on any atom is -0.379 e. The smallest absolute Gasteiger partial charge is 0.379 e. The van der Waals surface area contributed by atoms with E-state index < -0.39 is 12.7 Å². The summed E-state index contributed by atoms with van der Waals surface area (Å²) < 4.78 is 42.7. The van der Waals surface area contributed by atoms with Crippen LogP contribution in [-0.2, 0) is 4.74 Å². The molecule has 1 rings (SSSR count). The Morgan fingerprint density at radius 3 is 2.56 bits per heavy atom. The van der Waals surface area contributed by atoms with Gasteiger partial charge in [-0.15, -0.1) is 0 Å². The first-order valence-corrected chi connectivity index (χ1v) is 6.56. The summed E-state index contributed by atoms with van der Waals surface area (Å²) in [5.74, 6) is 0.152. The lowest BCUT2D eigenvalue weighted by molar-refractivity contribution is -0.147. The third-order valence-corrected chi connectivity index (χ3v) is 3.10. The molecule has 1 aliphatic rings. The topological polar surface area (TPSA) is 24.5 Å². The Balaban J connectivity index is 2.48. The number of likely N-dealkylation sites (N-methyl/N-ethyl adjacent to an activating group) is 1. The second-order valence-corrected chi connectivity index (χ2v) is 4.81. The molecule has 0 amide bonds. The largest absolute Gasteiger partial charge is 0.401 e. The fourth-order valence-corrected chi connectivity index (χ4v) is 2.40. The van der Waals surface area contributed by atoms with Gasteiger partial charge in [0.2, 0.25) is 0 Å². The van der Waals surface area contributed by atoms with E-state index in [1.165, 1.54) is 4.90 Å². The van der Waals surface area contributed by atoms with Gasteiger partial charge in [-0.1, -0.05) is 13.8 Å². The highest BCUT2D eigenvalue weighted by Crippen LogP contribution is 2.20. The molecule has 18 heavy (non-hydrogen) atoms. The summed E-state index contributed by atoms with van der Waals surface area (Å²) >= 11 is 0. The summed E-state index contributed by atoms with van der Waals surface area (Å²) in [7, 11) is 0. The van der Waals surface area contributed by atoms with Gasteiger partial charge in [-0.2, -0.15) is 13.2 Å². The van der Waals surface area contributed by atoms with Gasteiger partial charge < -0.3 is 10.1 Å². The summed E-state index contributed by atoms with van der Waals surface area (Å²) in [5.41, 5.74) is 0. The molecule has 2 atom stereocenters. The molecule has 0 aromatic heterocycles. The number of ether oxygens (including phenoxy) is 1. The van der Waals surface area contributed by atoms with Crippen molar-refractivity contribution in [1.29, 1.82) is 0 Å². The van der Waals surface area contributed by atoms with Crippen LogP contribution in [0.5, 0.6) is 0 Å². The number of nitrogens with one attached hydrogen (secondary N) is 1. The van der Waals surface area contributed by atoms with Gasteiger partial charge >= 0.3 is 6.18 Å². The highest BCUT2D eigenvalue weighted by atomic mass is 19.4. The van der Waals surface area contributed by atoms with E-state index in [0.717, 1.165) is 13.0 Å². The first-order valence-electron chi connectivity index (χ1n) is 6.56. The quantitative estimate of drug-likeness (QED) is 0.763. The molecule has 1 fully saturated rings. The molecule has 0 aromatic rings. The average Bonchev–Trinajstić information content (AvgIpc) is 2.64. The molecule has 6 heteroatoms. The van der Waals surface area contributed by atoms with E-state index in [1.807, 2.05) is 13.8 Å². The molecule has 0 radical (unpaired) electrons. The molecule has 0 aliphatic carbocycles. The van der Waals surface area contributed by atoms with E-state index in [0.29, 0.717) is 26.3 Å². The van der Waals surface area contributed by atoms with Crippen LogP contribution in [0.15, 0.2) is 0 Å². The molecular weight excluding hydrogens is 245 g/mol. The number of rotatable bonds is 7. The van der Waals surface area contributed by atoms with Crippen molar-refractivity contribution in [2.24, 2.45) is 5.92 Å². The van der Waals surface area contributed by atoms with Crippen LogP contribution in [0.3, 0.4) is 0 Å². The van der Waals surface area contributed by atoms with Crippen molar-refractivity contribution in [2.75, 3.05) is 39.4 Å². The van der Waals surface area contributed by atoms with Crippen LogP contribution in [0.4, 0.5) is 13.2 Å². The van der Waals surface area contributed by atoms with Crippen molar-refractivity contribution in [1.82, 2.24) is 10.2 Å². The van der Waals surface area contributed by atoms with E-state index in [4.69, 9.17) is 4.74 Å². The number of hydrogen-bond acceptors (Lipinski definition) is 3. The second kappa shape index (κ2) is 7.31. The van der Waals surface area contributed by atoms with Crippen LogP contribution in [0, 0.1) is 5.92 Å². The first kappa shape index (κ1) is 15.7. The van der Waals surface area contributed by atoms with E-state index in [1.54, 1.807) is 0 Å². The van der Waals surface area contributed by atoms with Crippen molar-refractivity contribution in [2.45, 2.75) is 32.5 Å². The molecule has 0 spiro atoms. The SMILES string of the molecule is CCCN(CC1COCC1NCC)CC(F)(F)F. The zero-order chi connectivity index (χ0) is 13.6. The third-order valence-electron chi connectivity index (χ3n) is 3.10. The highest BCUT2D eigenvalue weighted by molar-refractivity contribution is 4.83. The Hall–Kier alpha value is -0.330. The highest BCUT2D eigenvalue weighted by Gasteiger charge is 2.34. The van der Waals surface area contributed by atoms with Gasteiger partial charge in [-0.25, -0.2) is 0 Å². The van der Waals surface area contributed by atoms with E-state index in [-0.39, 0.29) is 12.0 Å². The molecule has 1 saturated heterocycles. The lowest BCUT2D eigenvalue weighted by Gasteiger charge is -2.28. The number of halogens is 3. The van der Waals surface area contributed by atoms with E-state index in [2.05, 4.69) is 5.32 Å². The van der Waals surface area contributed by atoms with E-state index in [9.17, 15) is 13.2 Å². The van der Waals surface area contributed by atoms with Crippen LogP contribution < -0.4 is 5.32 Å². The molecule has 0 saturated carbocycles. The summed E-state index contributed by atoms with van der Waals surface area (Å²) in [6.07, 6.45) is -3.39. The maximum atomic E-state index is 12.5. The normalized spacial score (nSPS) is 25.0. The van der Waals surface area contributed by atoms with Gasteiger partial charge in [0.1, 0.15) is 0 Å². The molecule has 1 N–H and O–H groups in total. The predicted octanol–water partition coefficient (Wildman–Crippen LogP) is 1.89. The van der Waals surface area contributed by atoms with Crippen LogP contribution in [-0.4, -0.2) is 56.5 Å². The van der Waals surface area contributed by atoms with Crippen LogP contribution >= 0.6 is 0 Å². The minimum atomic E-state index is -4.12. The molecule has 0 bridgehead atoms. The molecular formula is C12H23F3N2O. The van der Waals surface area contributed by atoms with Crippen LogP contribution in [0.25, 0.3) is 0 Å². The Bertz CT molecular complexity index is 236. The van der Waals surface area contributed by atoms with Gasteiger partial charge in [0, 0.05) is 18.5 Å². The van der Waals surface area contributed by atoms with Gasteiger partial charge in [0.25, 0.3) is 0 Å². The fraction of sp³-hybridized carbons (Fsp3) is 1.00. The number of hydrogen-bond donors (Lipinski definition) is 1. The maximum Gasteiger partial charge on any atom is 0.401 e. The summed E-state index contributed by atoms with van der Waals surface area (Å²) in [6, 6.07) is 0.183. The van der Waals surface area contributed by atoms with Crippen LogP contribution in [0.2, 0.25) is 0 Å². The Morgan fingerprint density at radius 2 is 2.00 bits per heavy atom. The predicted molar refractivity (Wildman–Crippen MR) is 64.6 cm³/mol. The summed E-state index contributed by atoms with van der Waals surface area (Å²) in [6.45, 7) is 5.97. The van der Waals surface area contributed by atoms with Gasteiger partial charge in [-0.3, -0.25) is 4.90 Å². The van der Waals surface area contributed by atoms with Gasteiger partial charge in [0.15, 0.2) is 0 Å². The van der Waals surface area contributed by atoms with Crippen molar-refractivity contribution in [3.05, 3.63) is 0 Å². The number of nitrogens with zero attached hydrogens (tertiary/aromatic N) is 1.